The predicted molar refractivity (Wildman–Crippen MR) is 612 cm³/mol. The number of thiophene rings is 3. The monoisotopic (exact) mass is 1900 g/mol. The highest BCUT2D eigenvalue weighted by Crippen LogP contribution is 2.57. The molecule has 20 aromatic carbocycles. The van der Waals surface area contributed by atoms with Crippen molar-refractivity contribution in [2.45, 2.75) is 0 Å². The largest absolute Gasteiger partial charge is 0.309 e. The van der Waals surface area contributed by atoms with Gasteiger partial charge in [-0.3, -0.25) is 9.55 Å². The van der Waals surface area contributed by atoms with E-state index in [-0.39, 0.29) is 0 Å². The van der Waals surface area contributed by atoms with Crippen molar-refractivity contribution in [3.8, 4) is 79.5 Å². The van der Waals surface area contributed by atoms with E-state index in [2.05, 4.69) is 451 Å². The molecule has 32 rings (SSSR count). The maximum Gasteiger partial charge on any atom is 0.162 e. The molecule has 0 aliphatic heterocycles. The lowest BCUT2D eigenvalue weighted by atomic mass is 10.0. The zero-order valence-corrected chi connectivity index (χ0v) is 80.2. The van der Waals surface area contributed by atoms with Gasteiger partial charge in [0, 0.05) is 174 Å². The summed E-state index contributed by atoms with van der Waals surface area (Å²) in [7, 11) is 0. The zero-order chi connectivity index (χ0) is 95.0. The van der Waals surface area contributed by atoms with Crippen molar-refractivity contribution in [1.29, 1.82) is 0 Å². The van der Waals surface area contributed by atoms with Gasteiger partial charge < -0.3 is 22.8 Å². The molecule has 145 heavy (non-hydrogen) atoms. The van der Waals surface area contributed by atoms with E-state index in [1.54, 1.807) is 0 Å². The standard InChI is InChI=1S/C50H30N4S.C46H28N4S.C35H21N3S/c1-4-16-31(17-5-1)46-38-30-34(28-29-39(38)51-50(52-46)32-18-6-2-7-19-32)54-41-26-14-10-22-35(41)43-44-36-23-11-13-25-40(36)53(33-20-8-3-9-21-33)48(44)49-45(47(43)54)37-24-12-15-27-42(37)55-49;1-4-16-29(17-5-1)35-28-39(48-46(47-35)30-18-6-2-7-19-30)50-37-26-14-11-23-33(37)40-41-32-22-10-13-25-36(32)49(31-20-8-3-9-21-31)44(41)45-42(43(40)50)34-24-12-15-27-38(34)51-45;1-2-11-22(12-3-1)37-27-17-7-5-15-25(27)31-30-24-14-4-8-18-28(24)38(23-13-10-20-36-21-23)33(30)32-26-16-6-9-19-29(26)39-35(32)34(31)37/h1-30H;1-28H;1-21H. The fraction of sp³-hybridized carbons (Fsp3) is 0. The maximum absolute atomic E-state index is 5.39. The van der Waals surface area contributed by atoms with Crippen LogP contribution in [0.4, 0.5) is 0 Å². The Hall–Kier alpha value is -18.6. The summed E-state index contributed by atoms with van der Waals surface area (Å²) >= 11 is 5.66. The van der Waals surface area contributed by atoms with E-state index in [4.69, 9.17) is 19.9 Å². The summed E-state index contributed by atoms with van der Waals surface area (Å²) in [6, 6.07) is 167. The van der Waals surface area contributed by atoms with Gasteiger partial charge >= 0.3 is 0 Å². The number of fused-ring (bicyclic) bond motifs is 37. The minimum Gasteiger partial charge on any atom is -0.309 e. The Balaban J connectivity index is 0.000000102. The number of benzene rings is 20. The molecule has 0 saturated carbocycles. The van der Waals surface area contributed by atoms with E-state index in [9.17, 15) is 0 Å². The van der Waals surface area contributed by atoms with Gasteiger partial charge in [0.25, 0.3) is 0 Å². The highest BCUT2D eigenvalue weighted by atomic mass is 32.1. The van der Waals surface area contributed by atoms with Crippen LogP contribution in [-0.2, 0) is 0 Å². The topological polar surface area (TPSA) is 94.0 Å². The number of para-hydroxylation sites is 9. The molecule has 0 bridgehead atoms. The number of aromatic nitrogens is 11. The molecule has 12 aromatic heterocycles. The molecular weight excluding hydrogens is 1820 g/mol. The van der Waals surface area contributed by atoms with Crippen LogP contribution in [0.15, 0.2) is 480 Å². The number of rotatable bonds is 10. The second-order valence-electron chi connectivity index (χ2n) is 37.1. The Morgan fingerprint density at radius 1 is 0.186 bits per heavy atom. The van der Waals surface area contributed by atoms with Gasteiger partial charge in [-0.25, -0.2) is 19.9 Å². The molecule has 12 heterocycles. The van der Waals surface area contributed by atoms with Gasteiger partial charge in [-0.2, -0.15) is 0 Å². The first-order chi connectivity index (χ1) is 72.0. The maximum atomic E-state index is 5.39. The molecule has 0 fully saturated rings. The molecule has 32 aromatic rings. The van der Waals surface area contributed by atoms with Crippen LogP contribution in [0.1, 0.15) is 0 Å². The van der Waals surface area contributed by atoms with Gasteiger partial charge in [0.1, 0.15) is 5.82 Å². The van der Waals surface area contributed by atoms with Crippen LogP contribution < -0.4 is 0 Å². The van der Waals surface area contributed by atoms with E-state index in [1.807, 2.05) is 94.9 Å². The molecule has 0 aliphatic rings. The van der Waals surface area contributed by atoms with Crippen LogP contribution in [0.3, 0.4) is 0 Å². The Morgan fingerprint density at radius 2 is 0.483 bits per heavy atom. The lowest BCUT2D eigenvalue weighted by Gasteiger charge is -2.14. The highest BCUT2D eigenvalue weighted by molar-refractivity contribution is 7.28. The second-order valence-corrected chi connectivity index (χ2v) is 40.2. The van der Waals surface area contributed by atoms with E-state index < -0.39 is 0 Å². The van der Waals surface area contributed by atoms with E-state index in [0.29, 0.717) is 5.82 Å². The molecule has 11 nitrogen and oxygen atoms in total. The number of hydrogen-bond donors (Lipinski definition) is 0. The van der Waals surface area contributed by atoms with Crippen molar-refractivity contribution >= 4 is 236 Å². The Labute approximate surface area is 841 Å². The minimum atomic E-state index is 0.700. The van der Waals surface area contributed by atoms with Crippen molar-refractivity contribution in [2.75, 3.05) is 0 Å². The van der Waals surface area contributed by atoms with Crippen LogP contribution >= 0.6 is 34.0 Å². The van der Waals surface area contributed by atoms with Gasteiger partial charge in [0.05, 0.1) is 109 Å². The lowest BCUT2D eigenvalue weighted by molar-refractivity contribution is 1.05. The van der Waals surface area contributed by atoms with Crippen LogP contribution in [0.5, 0.6) is 0 Å². The first-order valence-electron chi connectivity index (χ1n) is 48.9. The van der Waals surface area contributed by atoms with Gasteiger partial charge in [0.2, 0.25) is 0 Å². The van der Waals surface area contributed by atoms with Crippen molar-refractivity contribution in [2.24, 2.45) is 0 Å². The second kappa shape index (κ2) is 33.0. The molecule has 14 heteroatoms. The predicted octanol–water partition coefficient (Wildman–Crippen LogP) is 35.5. The minimum absolute atomic E-state index is 0.700. The third kappa shape index (κ3) is 12.6. The van der Waals surface area contributed by atoms with E-state index in [1.165, 1.54) is 192 Å². The SMILES string of the molecule is c1ccc(-c2cc(-n3c4ccccc4c4c5c6ccccc6n(-c6ccccc6)c5c5sc6ccccc6c5c43)nc(-c3ccccc3)n2)cc1.c1ccc(-c2nc(-c3ccccc3)c3cc(-n4c5ccccc5c5c6c7ccccc7n(-c7ccccc7)c6c6sc7ccccc7c6c54)ccc3n2)cc1.c1ccc(-n2c3ccccc3c3c4c5ccccc5n(-c5cccnc5)c4c4c5ccccc5sc4c32)cc1. The summed E-state index contributed by atoms with van der Waals surface area (Å²) in [5.41, 5.74) is 27.0. The van der Waals surface area contributed by atoms with Crippen LogP contribution in [0, 0.1) is 0 Å². The first kappa shape index (κ1) is 82.3. The fourth-order valence-corrected chi connectivity index (χ4v) is 27.0. The molecule has 0 unspecified atom stereocenters. The molecule has 0 atom stereocenters. The molecule has 0 amide bonds. The summed E-state index contributed by atoms with van der Waals surface area (Å²) in [6.45, 7) is 0. The van der Waals surface area contributed by atoms with Crippen LogP contribution in [0.25, 0.3) is 282 Å². The average molecular weight is 1900 g/mol. The van der Waals surface area contributed by atoms with Crippen LogP contribution in [0.2, 0.25) is 0 Å². The van der Waals surface area contributed by atoms with Gasteiger partial charge in [0.15, 0.2) is 11.6 Å². The molecule has 0 radical (unpaired) electrons. The summed E-state index contributed by atoms with van der Waals surface area (Å²) in [5.74, 6) is 2.27. The smallest absolute Gasteiger partial charge is 0.162 e. The number of nitrogens with zero attached hydrogens (tertiary/aromatic N) is 11. The number of hydrogen-bond acceptors (Lipinski definition) is 8. The summed E-state index contributed by atoms with van der Waals surface area (Å²) < 4.78 is 22.5. The Kier molecular flexibility index (Phi) is 18.8. The molecule has 0 saturated heterocycles. The van der Waals surface area contributed by atoms with Crippen molar-refractivity contribution in [3.63, 3.8) is 0 Å². The molecule has 0 N–H and O–H groups in total. The van der Waals surface area contributed by atoms with Gasteiger partial charge in [-0.05, 0) is 121 Å². The molecule has 0 spiro atoms. The fourth-order valence-electron chi connectivity index (χ4n) is 23.3. The Morgan fingerprint density at radius 3 is 0.862 bits per heavy atom. The van der Waals surface area contributed by atoms with Crippen molar-refractivity contribution in [3.05, 3.63) is 480 Å². The average Bonchev–Trinajstić information content (AvgIpc) is 1.52. The molecule has 0 aliphatic carbocycles. The Bertz CT molecular complexity index is 10900. The number of pyridine rings is 1. The molecular formula is C131H79N11S3. The lowest BCUT2D eigenvalue weighted by Crippen LogP contribution is -2.03. The zero-order valence-electron chi connectivity index (χ0n) is 77.8. The molecule has 676 valence electrons. The summed E-state index contributed by atoms with van der Waals surface area (Å²) in [6.07, 6.45) is 3.82. The summed E-state index contributed by atoms with van der Waals surface area (Å²) in [5, 5.41) is 23.8. The van der Waals surface area contributed by atoms with Crippen molar-refractivity contribution < 1.29 is 0 Å². The van der Waals surface area contributed by atoms with E-state index >= 15 is 0 Å². The highest BCUT2D eigenvalue weighted by Gasteiger charge is 2.33. The third-order valence-electron chi connectivity index (χ3n) is 29.1. The van der Waals surface area contributed by atoms with E-state index in [0.717, 1.165) is 84.5 Å². The van der Waals surface area contributed by atoms with Gasteiger partial charge in [-0.1, -0.05) is 340 Å². The third-order valence-corrected chi connectivity index (χ3v) is 32.7. The van der Waals surface area contributed by atoms with Crippen molar-refractivity contribution in [1.82, 2.24) is 52.3 Å². The first-order valence-corrected chi connectivity index (χ1v) is 51.4. The summed E-state index contributed by atoms with van der Waals surface area (Å²) in [4.78, 5) is 25.5. The van der Waals surface area contributed by atoms with Crippen LogP contribution in [-0.4, -0.2) is 52.3 Å². The normalized spacial score (nSPS) is 12.0. The van der Waals surface area contributed by atoms with Gasteiger partial charge in [-0.15, -0.1) is 34.0 Å². The quantitative estimate of drug-likeness (QED) is 0.136.